The van der Waals surface area contributed by atoms with Crippen LogP contribution in [-0.4, -0.2) is 16.0 Å². The van der Waals surface area contributed by atoms with E-state index in [1.54, 1.807) is 0 Å². The van der Waals surface area contributed by atoms with Gasteiger partial charge in [0.2, 0.25) is 0 Å². The standard InChI is InChI=1S/C8H7BrO3/c1-4(10)5-2-6(9)8(12)7(11)3-5/h2-3,11-12H,1H3. The molecule has 0 spiro atoms. The first-order chi connectivity index (χ1) is 5.52. The Bertz CT molecular complexity index is 310. The maximum atomic E-state index is 10.8. The molecule has 1 aromatic carbocycles. The third kappa shape index (κ3) is 1.58. The second kappa shape index (κ2) is 3.15. The molecule has 0 aliphatic rings. The van der Waals surface area contributed by atoms with Crippen molar-refractivity contribution in [3.05, 3.63) is 22.2 Å². The third-order valence-corrected chi connectivity index (χ3v) is 2.05. The first-order valence-electron chi connectivity index (χ1n) is 3.25. The predicted octanol–water partition coefficient (Wildman–Crippen LogP) is 2.06. The number of benzene rings is 1. The number of halogens is 1. The molecular weight excluding hydrogens is 224 g/mol. The van der Waals surface area contributed by atoms with Gasteiger partial charge in [0.1, 0.15) is 0 Å². The highest BCUT2D eigenvalue weighted by Crippen LogP contribution is 2.34. The largest absolute Gasteiger partial charge is 0.504 e. The average molecular weight is 231 g/mol. The van der Waals surface area contributed by atoms with E-state index in [1.807, 2.05) is 0 Å². The average Bonchev–Trinajstić information content (AvgIpc) is 1.99. The van der Waals surface area contributed by atoms with Crippen molar-refractivity contribution in [3.8, 4) is 11.5 Å². The van der Waals surface area contributed by atoms with Crippen molar-refractivity contribution in [1.82, 2.24) is 0 Å². The molecule has 2 N–H and O–H groups in total. The van der Waals surface area contributed by atoms with Crippen LogP contribution < -0.4 is 0 Å². The van der Waals surface area contributed by atoms with E-state index in [0.717, 1.165) is 0 Å². The molecule has 0 atom stereocenters. The molecule has 0 heterocycles. The Hall–Kier alpha value is -1.03. The lowest BCUT2D eigenvalue weighted by Crippen LogP contribution is -1.91. The van der Waals surface area contributed by atoms with Gasteiger partial charge >= 0.3 is 0 Å². The minimum Gasteiger partial charge on any atom is -0.504 e. The summed E-state index contributed by atoms with van der Waals surface area (Å²) < 4.78 is 0.313. The summed E-state index contributed by atoms with van der Waals surface area (Å²) in [5, 5.41) is 18.2. The van der Waals surface area contributed by atoms with Gasteiger partial charge in [0.05, 0.1) is 4.47 Å². The van der Waals surface area contributed by atoms with E-state index in [1.165, 1.54) is 19.1 Å². The van der Waals surface area contributed by atoms with Crippen LogP contribution in [-0.2, 0) is 0 Å². The van der Waals surface area contributed by atoms with Gasteiger partial charge in [-0.05, 0) is 35.0 Å². The molecule has 0 saturated carbocycles. The smallest absolute Gasteiger partial charge is 0.171 e. The Morgan fingerprint density at radius 2 is 2.00 bits per heavy atom. The number of ketones is 1. The van der Waals surface area contributed by atoms with Crippen molar-refractivity contribution in [1.29, 1.82) is 0 Å². The molecule has 4 heteroatoms. The van der Waals surface area contributed by atoms with E-state index in [0.29, 0.717) is 10.0 Å². The molecule has 0 saturated heterocycles. The highest BCUT2D eigenvalue weighted by atomic mass is 79.9. The van der Waals surface area contributed by atoms with E-state index in [2.05, 4.69) is 15.9 Å². The van der Waals surface area contributed by atoms with Gasteiger partial charge in [0.15, 0.2) is 17.3 Å². The van der Waals surface area contributed by atoms with Crippen LogP contribution in [0.2, 0.25) is 0 Å². The fourth-order valence-electron chi connectivity index (χ4n) is 0.788. The van der Waals surface area contributed by atoms with Crippen molar-refractivity contribution in [2.24, 2.45) is 0 Å². The Kier molecular flexibility index (Phi) is 2.38. The fourth-order valence-corrected chi connectivity index (χ4v) is 1.24. The minimum atomic E-state index is -0.297. The summed E-state index contributed by atoms with van der Waals surface area (Å²) in [6.07, 6.45) is 0. The van der Waals surface area contributed by atoms with Gasteiger partial charge in [-0.15, -0.1) is 0 Å². The van der Waals surface area contributed by atoms with Crippen LogP contribution in [0.4, 0.5) is 0 Å². The van der Waals surface area contributed by atoms with Gasteiger partial charge in [0.25, 0.3) is 0 Å². The van der Waals surface area contributed by atoms with Crippen LogP contribution in [0, 0.1) is 0 Å². The summed E-state index contributed by atoms with van der Waals surface area (Å²) in [6.45, 7) is 1.39. The molecule has 1 rings (SSSR count). The van der Waals surface area contributed by atoms with Crippen molar-refractivity contribution >= 4 is 21.7 Å². The molecule has 0 radical (unpaired) electrons. The van der Waals surface area contributed by atoms with Gasteiger partial charge < -0.3 is 10.2 Å². The second-order valence-corrected chi connectivity index (χ2v) is 3.24. The monoisotopic (exact) mass is 230 g/mol. The van der Waals surface area contributed by atoms with Crippen LogP contribution >= 0.6 is 15.9 Å². The van der Waals surface area contributed by atoms with E-state index in [-0.39, 0.29) is 17.3 Å². The topological polar surface area (TPSA) is 57.5 Å². The van der Waals surface area contributed by atoms with Crippen LogP contribution in [0.15, 0.2) is 16.6 Å². The second-order valence-electron chi connectivity index (χ2n) is 2.38. The quantitative estimate of drug-likeness (QED) is 0.574. The molecular formula is C8H7BrO3. The normalized spacial score (nSPS) is 9.83. The van der Waals surface area contributed by atoms with Crippen molar-refractivity contribution in [2.75, 3.05) is 0 Å². The summed E-state index contributed by atoms with van der Waals surface area (Å²) in [5.41, 5.74) is 0.358. The molecule has 3 nitrogen and oxygen atoms in total. The lowest BCUT2D eigenvalue weighted by molar-refractivity contribution is 0.101. The van der Waals surface area contributed by atoms with E-state index in [9.17, 15) is 4.79 Å². The highest BCUT2D eigenvalue weighted by Gasteiger charge is 2.08. The van der Waals surface area contributed by atoms with Gasteiger partial charge in [-0.25, -0.2) is 0 Å². The molecule has 0 aliphatic carbocycles. The summed E-state index contributed by atoms with van der Waals surface area (Å²) in [7, 11) is 0. The number of phenols is 2. The molecule has 0 unspecified atom stereocenters. The molecule has 0 aromatic heterocycles. The molecule has 0 bridgehead atoms. The Labute approximate surface area is 77.8 Å². The first-order valence-corrected chi connectivity index (χ1v) is 4.04. The number of carbonyl (C=O) groups excluding carboxylic acids is 1. The van der Waals surface area contributed by atoms with Gasteiger partial charge in [-0.2, -0.15) is 0 Å². The molecule has 0 aliphatic heterocycles. The predicted molar refractivity (Wildman–Crippen MR) is 47.5 cm³/mol. The van der Waals surface area contributed by atoms with Crippen LogP contribution in [0.25, 0.3) is 0 Å². The zero-order valence-corrected chi connectivity index (χ0v) is 7.92. The lowest BCUT2D eigenvalue weighted by atomic mass is 10.1. The first kappa shape index (κ1) is 9.06. The highest BCUT2D eigenvalue weighted by molar-refractivity contribution is 9.10. The maximum Gasteiger partial charge on any atom is 0.171 e. The van der Waals surface area contributed by atoms with Crippen LogP contribution in [0.3, 0.4) is 0 Å². The summed E-state index contributed by atoms with van der Waals surface area (Å²) in [6, 6.07) is 2.68. The molecule has 12 heavy (non-hydrogen) atoms. The van der Waals surface area contributed by atoms with Gasteiger partial charge in [-0.3, -0.25) is 4.79 Å². The number of phenolic OH excluding ortho intramolecular Hbond substituents is 2. The molecule has 0 fully saturated rings. The van der Waals surface area contributed by atoms with E-state index in [4.69, 9.17) is 10.2 Å². The zero-order chi connectivity index (χ0) is 9.30. The fraction of sp³-hybridized carbons (Fsp3) is 0.125. The van der Waals surface area contributed by atoms with E-state index < -0.39 is 0 Å². The number of hydrogen-bond donors (Lipinski definition) is 2. The molecule has 64 valence electrons. The summed E-state index contributed by atoms with van der Waals surface area (Å²) in [4.78, 5) is 10.8. The summed E-state index contributed by atoms with van der Waals surface area (Å²) in [5.74, 6) is -0.708. The lowest BCUT2D eigenvalue weighted by Gasteiger charge is -2.02. The Balaban J connectivity index is 3.31. The number of rotatable bonds is 1. The van der Waals surface area contributed by atoms with Crippen LogP contribution in [0.5, 0.6) is 11.5 Å². The Morgan fingerprint density at radius 1 is 1.42 bits per heavy atom. The summed E-state index contributed by atoms with van der Waals surface area (Å²) >= 11 is 3.00. The number of carbonyl (C=O) groups is 1. The zero-order valence-electron chi connectivity index (χ0n) is 6.34. The van der Waals surface area contributed by atoms with Gasteiger partial charge in [-0.1, -0.05) is 0 Å². The maximum absolute atomic E-state index is 10.8. The number of aromatic hydroxyl groups is 2. The number of hydrogen-bond acceptors (Lipinski definition) is 3. The third-order valence-electron chi connectivity index (χ3n) is 1.45. The van der Waals surface area contributed by atoms with Crippen molar-refractivity contribution in [2.45, 2.75) is 6.92 Å². The molecule has 1 aromatic rings. The van der Waals surface area contributed by atoms with E-state index >= 15 is 0 Å². The minimum absolute atomic E-state index is 0.161. The SMILES string of the molecule is CC(=O)c1cc(O)c(O)c(Br)c1. The number of Topliss-reactive ketones (excluding diaryl/α,β-unsaturated/α-hetero) is 1. The van der Waals surface area contributed by atoms with Crippen molar-refractivity contribution in [3.63, 3.8) is 0 Å². The molecule has 0 amide bonds. The Morgan fingerprint density at radius 3 is 2.42 bits per heavy atom. The van der Waals surface area contributed by atoms with Crippen molar-refractivity contribution < 1.29 is 15.0 Å². The van der Waals surface area contributed by atoms with Gasteiger partial charge in [0, 0.05) is 5.56 Å². The van der Waals surface area contributed by atoms with Crippen LogP contribution in [0.1, 0.15) is 17.3 Å².